The normalized spacial score (nSPS) is 12.5. The molecule has 1 rings (SSSR count). The maximum absolute atomic E-state index is 11.6. The SMILES string of the molecule is C=C(C)CCC(=O)c1csc(C(C)N)n1. The van der Waals surface area contributed by atoms with Crippen LogP contribution in [0, 0.1) is 0 Å². The Morgan fingerprint density at radius 1 is 1.67 bits per heavy atom. The minimum absolute atomic E-state index is 0.0705. The van der Waals surface area contributed by atoms with Crippen LogP contribution in [-0.4, -0.2) is 10.8 Å². The van der Waals surface area contributed by atoms with Gasteiger partial charge in [0, 0.05) is 11.8 Å². The zero-order valence-electron chi connectivity index (χ0n) is 9.12. The second-order valence-electron chi connectivity index (χ2n) is 3.74. The predicted octanol–water partition coefficient (Wildman–Crippen LogP) is 2.70. The highest BCUT2D eigenvalue weighted by molar-refractivity contribution is 7.09. The number of ketones is 1. The van der Waals surface area contributed by atoms with Crippen LogP contribution in [-0.2, 0) is 0 Å². The first-order valence-electron chi connectivity index (χ1n) is 4.89. The Bertz CT molecular complexity index is 368. The van der Waals surface area contributed by atoms with Crippen molar-refractivity contribution in [3.8, 4) is 0 Å². The lowest BCUT2D eigenvalue weighted by atomic mass is 10.1. The Balaban J connectivity index is 2.62. The Morgan fingerprint density at radius 3 is 2.80 bits per heavy atom. The maximum atomic E-state index is 11.6. The van der Waals surface area contributed by atoms with Crippen LogP contribution in [0.25, 0.3) is 0 Å². The molecule has 0 saturated heterocycles. The number of hydrogen-bond donors (Lipinski definition) is 1. The zero-order chi connectivity index (χ0) is 11.4. The minimum atomic E-state index is -0.0994. The van der Waals surface area contributed by atoms with E-state index in [1.807, 2.05) is 13.8 Å². The molecule has 0 fully saturated rings. The molecule has 1 atom stereocenters. The number of carbonyl (C=O) groups excluding carboxylic acids is 1. The Morgan fingerprint density at radius 2 is 2.33 bits per heavy atom. The maximum Gasteiger partial charge on any atom is 0.182 e. The molecule has 15 heavy (non-hydrogen) atoms. The lowest BCUT2D eigenvalue weighted by molar-refractivity contribution is 0.0978. The number of thiazole rings is 1. The van der Waals surface area contributed by atoms with E-state index >= 15 is 0 Å². The van der Waals surface area contributed by atoms with Crippen molar-refractivity contribution in [1.82, 2.24) is 4.98 Å². The van der Waals surface area contributed by atoms with Gasteiger partial charge in [0.1, 0.15) is 10.7 Å². The number of nitrogens with two attached hydrogens (primary N) is 1. The van der Waals surface area contributed by atoms with Crippen LogP contribution >= 0.6 is 11.3 Å². The van der Waals surface area contributed by atoms with Crippen molar-refractivity contribution < 1.29 is 4.79 Å². The monoisotopic (exact) mass is 224 g/mol. The van der Waals surface area contributed by atoms with E-state index < -0.39 is 0 Å². The first kappa shape index (κ1) is 12.1. The van der Waals surface area contributed by atoms with Gasteiger partial charge in [0.05, 0.1) is 6.04 Å². The van der Waals surface area contributed by atoms with Gasteiger partial charge in [-0.1, -0.05) is 5.57 Å². The molecule has 4 heteroatoms. The van der Waals surface area contributed by atoms with Gasteiger partial charge in [0.25, 0.3) is 0 Å². The zero-order valence-corrected chi connectivity index (χ0v) is 9.93. The molecule has 0 aromatic carbocycles. The fourth-order valence-electron chi connectivity index (χ4n) is 1.08. The van der Waals surface area contributed by atoms with Gasteiger partial charge in [-0.2, -0.15) is 0 Å². The molecule has 2 N–H and O–H groups in total. The van der Waals surface area contributed by atoms with E-state index in [9.17, 15) is 4.79 Å². The highest BCUT2D eigenvalue weighted by Gasteiger charge is 2.12. The summed E-state index contributed by atoms with van der Waals surface area (Å²) in [4.78, 5) is 15.8. The predicted molar refractivity (Wildman–Crippen MR) is 63.1 cm³/mol. The average molecular weight is 224 g/mol. The van der Waals surface area contributed by atoms with Crippen molar-refractivity contribution in [2.45, 2.75) is 32.7 Å². The second kappa shape index (κ2) is 5.19. The fraction of sp³-hybridized carbons (Fsp3) is 0.455. The molecule has 0 aliphatic rings. The van der Waals surface area contributed by atoms with Crippen LogP contribution in [0.15, 0.2) is 17.5 Å². The van der Waals surface area contributed by atoms with E-state index in [-0.39, 0.29) is 11.8 Å². The van der Waals surface area contributed by atoms with Crippen LogP contribution in [0.4, 0.5) is 0 Å². The molecular formula is C11H16N2OS. The van der Waals surface area contributed by atoms with Crippen LogP contribution in [0.2, 0.25) is 0 Å². The molecule has 1 heterocycles. The van der Waals surface area contributed by atoms with Gasteiger partial charge < -0.3 is 5.73 Å². The van der Waals surface area contributed by atoms with Crippen molar-refractivity contribution in [3.63, 3.8) is 0 Å². The first-order valence-corrected chi connectivity index (χ1v) is 5.77. The summed E-state index contributed by atoms with van der Waals surface area (Å²) in [7, 11) is 0. The van der Waals surface area contributed by atoms with E-state index in [1.165, 1.54) is 11.3 Å². The quantitative estimate of drug-likeness (QED) is 0.618. The Hall–Kier alpha value is -1.00. The standard InChI is InChI=1S/C11H16N2OS/c1-7(2)4-5-10(14)9-6-15-11(13-9)8(3)12/h6,8H,1,4-5,12H2,2-3H3. The lowest BCUT2D eigenvalue weighted by Gasteiger charge is -1.98. The van der Waals surface area contributed by atoms with Crippen molar-refractivity contribution >= 4 is 17.1 Å². The topological polar surface area (TPSA) is 56.0 Å². The fourth-order valence-corrected chi connectivity index (χ4v) is 1.86. The van der Waals surface area contributed by atoms with E-state index in [4.69, 9.17) is 5.73 Å². The van der Waals surface area contributed by atoms with Crippen LogP contribution in [0.3, 0.4) is 0 Å². The third-order valence-electron chi connectivity index (χ3n) is 1.98. The summed E-state index contributed by atoms with van der Waals surface area (Å²) >= 11 is 1.44. The van der Waals surface area contributed by atoms with Gasteiger partial charge in [-0.25, -0.2) is 4.98 Å². The van der Waals surface area contributed by atoms with Gasteiger partial charge in [-0.3, -0.25) is 4.79 Å². The number of hydrogen-bond acceptors (Lipinski definition) is 4. The molecule has 3 nitrogen and oxygen atoms in total. The van der Waals surface area contributed by atoms with Crippen molar-refractivity contribution in [2.24, 2.45) is 5.73 Å². The van der Waals surface area contributed by atoms with Gasteiger partial charge in [0.15, 0.2) is 5.78 Å². The summed E-state index contributed by atoms with van der Waals surface area (Å²) in [5.41, 5.74) is 7.23. The third-order valence-corrected chi connectivity index (χ3v) is 3.02. The summed E-state index contributed by atoms with van der Waals surface area (Å²) in [6.45, 7) is 7.54. The molecule has 1 aromatic rings. The van der Waals surface area contributed by atoms with Crippen molar-refractivity contribution in [2.75, 3.05) is 0 Å². The smallest absolute Gasteiger partial charge is 0.182 e. The largest absolute Gasteiger partial charge is 0.322 e. The molecule has 0 saturated carbocycles. The molecule has 1 unspecified atom stereocenters. The number of allylic oxidation sites excluding steroid dienone is 1. The van der Waals surface area contributed by atoms with Crippen molar-refractivity contribution in [3.05, 3.63) is 28.2 Å². The van der Waals surface area contributed by atoms with Gasteiger partial charge in [0.2, 0.25) is 0 Å². The highest BCUT2D eigenvalue weighted by atomic mass is 32.1. The van der Waals surface area contributed by atoms with E-state index in [1.54, 1.807) is 5.38 Å². The second-order valence-corrected chi connectivity index (χ2v) is 4.63. The summed E-state index contributed by atoms with van der Waals surface area (Å²) in [6, 6.07) is -0.0994. The molecule has 0 bridgehead atoms. The number of rotatable bonds is 5. The molecule has 0 aliphatic heterocycles. The summed E-state index contributed by atoms with van der Waals surface area (Å²) < 4.78 is 0. The Labute approximate surface area is 94.0 Å². The van der Waals surface area contributed by atoms with E-state index in [0.717, 1.165) is 17.0 Å². The summed E-state index contributed by atoms with van der Waals surface area (Å²) in [5, 5.41) is 2.59. The van der Waals surface area contributed by atoms with Crippen LogP contribution in [0.1, 0.15) is 48.2 Å². The molecule has 0 aliphatic carbocycles. The van der Waals surface area contributed by atoms with Crippen LogP contribution < -0.4 is 5.73 Å². The van der Waals surface area contributed by atoms with Gasteiger partial charge >= 0.3 is 0 Å². The number of aromatic nitrogens is 1. The van der Waals surface area contributed by atoms with Crippen molar-refractivity contribution in [1.29, 1.82) is 0 Å². The average Bonchev–Trinajstić information content (AvgIpc) is 2.62. The van der Waals surface area contributed by atoms with E-state index in [0.29, 0.717) is 12.1 Å². The van der Waals surface area contributed by atoms with Crippen LogP contribution in [0.5, 0.6) is 0 Å². The number of carbonyl (C=O) groups is 1. The minimum Gasteiger partial charge on any atom is -0.322 e. The molecule has 82 valence electrons. The molecular weight excluding hydrogens is 208 g/mol. The number of Topliss-reactive ketones (excluding diaryl/α,β-unsaturated/α-hetero) is 1. The van der Waals surface area contributed by atoms with Gasteiger partial charge in [-0.15, -0.1) is 17.9 Å². The first-order chi connectivity index (χ1) is 7.00. The molecule has 1 aromatic heterocycles. The van der Waals surface area contributed by atoms with E-state index in [2.05, 4.69) is 11.6 Å². The summed E-state index contributed by atoms with van der Waals surface area (Å²) in [6.07, 6.45) is 1.21. The number of nitrogens with zero attached hydrogens (tertiary/aromatic N) is 1. The third kappa shape index (κ3) is 3.57. The van der Waals surface area contributed by atoms with Gasteiger partial charge in [-0.05, 0) is 20.3 Å². The Kier molecular flexibility index (Phi) is 4.17. The molecule has 0 spiro atoms. The lowest BCUT2D eigenvalue weighted by Crippen LogP contribution is -2.06. The highest BCUT2D eigenvalue weighted by Crippen LogP contribution is 2.17. The molecule has 0 amide bonds. The summed E-state index contributed by atoms with van der Waals surface area (Å²) in [5.74, 6) is 0.0705. The molecule has 0 radical (unpaired) electrons.